The van der Waals surface area contributed by atoms with Gasteiger partial charge in [-0.1, -0.05) is 17.7 Å². The average Bonchev–Trinajstić information content (AvgIpc) is 2.04. The Morgan fingerprint density at radius 3 is 2.31 bits per heavy atom. The fraction of sp³-hybridized carbons (Fsp3) is 0.143. The molecule has 1 aromatic carbocycles. The topological polar surface area (TPSA) is 69.4 Å². The van der Waals surface area contributed by atoms with E-state index in [0.29, 0.717) is 6.07 Å². The second-order valence-corrected chi connectivity index (χ2v) is 4.25. The standard InChI is InChI=1S/C7H5ClF3NO3S/c8-5-3-1-2-4(7(9,10)11)6(5)15-16(12,13)14/h1-3H,(H2,12,13,14). The molecule has 16 heavy (non-hydrogen) atoms. The summed E-state index contributed by atoms with van der Waals surface area (Å²) in [5.74, 6) is -1.03. The van der Waals surface area contributed by atoms with E-state index in [1.807, 2.05) is 0 Å². The highest BCUT2D eigenvalue weighted by Crippen LogP contribution is 2.40. The van der Waals surface area contributed by atoms with Crippen molar-refractivity contribution < 1.29 is 25.8 Å². The van der Waals surface area contributed by atoms with Crippen molar-refractivity contribution >= 4 is 21.9 Å². The van der Waals surface area contributed by atoms with Crippen molar-refractivity contribution in [2.75, 3.05) is 0 Å². The largest absolute Gasteiger partial charge is 0.420 e. The summed E-state index contributed by atoms with van der Waals surface area (Å²) in [6.45, 7) is 0. The first-order chi connectivity index (χ1) is 7.11. The molecule has 1 rings (SSSR count). The van der Waals surface area contributed by atoms with Crippen molar-refractivity contribution in [2.24, 2.45) is 5.14 Å². The summed E-state index contributed by atoms with van der Waals surface area (Å²) in [4.78, 5) is 0. The Bertz CT molecular complexity index is 500. The molecule has 0 aliphatic carbocycles. The Balaban J connectivity index is 3.36. The highest BCUT2D eigenvalue weighted by molar-refractivity contribution is 7.84. The number of hydrogen-bond acceptors (Lipinski definition) is 3. The fourth-order valence-corrected chi connectivity index (χ4v) is 1.60. The van der Waals surface area contributed by atoms with Crippen LogP contribution in [0.1, 0.15) is 5.56 Å². The minimum Gasteiger partial charge on any atom is -0.369 e. The van der Waals surface area contributed by atoms with Gasteiger partial charge in [0.25, 0.3) is 0 Å². The maximum atomic E-state index is 12.4. The molecule has 0 heterocycles. The molecule has 9 heteroatoms. The summed E-state index contributed by atoms with van der Waals surface area (Å²) >= 11 is 5.40. The van der Waals surface area contributed by atoms with E-state index in [2.05, 4.69) is 9.32 Å². The van der Waals surface area contributed by atoms with Crippen LogP contribution in [0.15, 0.2) is 18.2 Å². The van der Waals surface area contributed by atoms with Crippen LogP contribution in [0.3, 0.4) is 0 Å². The molecule has 0 saturated heterocycles. The SMILES string of the molecule is NS(=O)(=O)Oc1c(Cl)cccc1C(F)(F)F. The zero-order chi connectivity index (χ0) is 12.6. The molecule has 0 fully saturated rings. The number of para-hydroxylation sites is 1. The number of nitrogens with two attached hydrogens (primary N) is 1. The Morgan fingerprint density at radius 2 is 1.88 bits per heavy atom. The molecule has 0 aliphatic rings. The molecule has 0 saturated carbocycles. The van der Waals surface area contributed by atoms with Crippen LogP contribution in [0.2, 0.25) is 5.02 Å². The van der Waals surface area contributed by atoms with Crippen LogP contribution in [0.5, 0.6) is 5.75 Å². The first kappa shape index (κ1) is 13.1. The molecule has 1 aromatic rings. The van der Waals surface area contributed by atoms with Crippen LogP contribution < -0.4 is 9.32 Å². The predicted octanol–water partition coefficient (Wildman–Crippen LogP) is 1.94. The van der Waals surface area contributed by atoms with Gasteiger partial charge in [0.1, 0.15) is 5.56 Å². The second kappa shape index (κ2) is 4.11. The zero-order valence-electron chi connectivity index (χ0n) is 7.45. The molecule has 90 valence electrons. The average molecular weight is 276 g/mol. The molecule has 4 nitrogen and oxygen atoms in total. The lowest BCUT2D eigenvalue weighted by molar-refractivity contribution is -0.138. The fourth-order valence-electron chi connectivity index (χ4n) is 0.933. The Hall–Kier alpha value is -0.990. The number of hydrogen-bond donors (Lipinski definition) is 1. The van der Waals surface area contributed by atoms with Gasteiger partial charge < -0.3 is 4.18 Å². The normalized spacial score (nSPS) is 12.6. The Morgan fingerprint density at radius 1 is 1.31 bits per heavy atom. The molecule has 0 aliphatic heterocycles. The molecule has 0 atom stereocenters. The molecule has 0 radical (unpaired) electrons. The third-order valence-corrected chi connectivity index (χ3v) is 2.17. The lowest BCUT2D eigenvalue weighted by Crippen LogP contribution is -2.21. The third kappa shape index (κ3) is 3.26. The minimum absolute atomic E-state index is 0.496. The monoisotopic (exact) mass is 275 g/mol. The van der Waals surface area contributed by atoms with E-state index >= 15 is 0 Å². The molecular weight excluding hydrogens is 271 g/mol. The summed E-state index contributed by atoms with van der Waals surface area (Å²) in [7, 11) is -4.57. The van der Waals surface area contributed by atoms with Crippen molar-refractivity contribution in [1.82, 2.24) is 0 Å². The molecule has 0 aromatic heterocycles. The van der Waals surface area contributed by atoms with Crippen LogP contribution in [-0.2, 0) is 16.5 Å². The van der Waals surface area contributed by atoms with Gasteiger partial charge in [-0.15, -0.1) is 0 Å². The first-order valence-corrected chi connectivity index (χ1v) is 5.54. The number of rotatable bonds is 2. The smallest absolute Gasteiger partial charge is 0.369 e. The molecule has 0 amide bonds. The minimum atomic E-state index is -4.79. The van der Waals surface area contributed by atoms with Gasteiger partial charge in [-0.25, -0.2) is 0 Å². The van der Waals surface area contributed by atoms with E-state index in [9.17, 15) is 21.6 Å². The van der Waals surface area contributed by atoms with E-state index in [0.717, 1.165) is 12.1 Å². The first-order valence-electron chi connectivity index (χ1n) is 3.69. The van der Waals surface area contributed by atoms with E-state index < -0.39 is 32.8 Å². The second-order valence-electron chi connectivity index (χ2n) is 2.69. The number of alkyl halides is 3. The van der Waals surface area contributed by atoms with E-state index in [1.54, 1.807) is 0 Å². The number of halogens is 4. The van der Waals surface area contributed by atoms with E-state index in [4.69, 9.17) is 11.6 Å². The van der Waals surface area contributed by atoms with Crippen LogP contribution in [0, 0.1) is 0 Å². The van der Waals surface area contributed by atoms with Gasteiger partial charge in [0.05, 0.1) is 5.02 Å². The van der Waals surface area contributed by atoms with Gasteiger partial charge in [0.2, 0.25) is 0 Å². The van der Waals surface area contributed by atoms with Crippen molar-refractivity contribution in [3.05, 3.63) is 28.8 Å². The Labute approximate surface area is 94.0 Å². The zero-order valence-corrected chi connectivity index (χ0v) is 9.03. The van der Waals surface area contributed by atoms with Crippen LogP contribution >= 0.6 is 11.6 Å². The summed E-state index contributed by atoms with van der Waals surface area (Å²) < 4.78 is 62.4. The van der Waals surface area contributed by atoms with Crippen LogP contribution in [-0.4, -0.2) is 8.42 Å². The van der Waals surface area contributed by atoms with Gasteiger partial charge in [0, 0.05) is 0 Å². The number of benzene rings is 1. The van der Waals surface area contributed by atoms with Gasteiger partial charge in [-0.2, -0.15) is 26.7 Å². The van der Waals surface area contributed by atoms with E-state index in [1.165, 1.54) is 0 Å². The highest BCUT2D eigenvalue weighted by Gasteiger charge is 2.36. The lowest BCUT2D eigenvalue weighted by Gasteiger charge is -2.12. The third-order valence-electron chi connectivity index (χ3n) is 1.47. The van der Waals surface area contributed by atoms with Crippen molar-refractivity contribution in [1.29, 1.82) is 0 Å². The van der Waals surface area contributed by atoms with Gasteiger partial charge in [0.15, 0.2) is 5.75 Å². The summed E-state index contributed by atoms with van der Waals surface area (Å²) in [6, 6.07) is 2.70. The maximum absolute atomic E-state index is 12.4. The summed E-state index contributed by atoms with van der Waals surface area (Å²) in [5.41, 5.74) is -1.31. The highest BCUT2D eigenvalue weighted by atomic mass is 35.5. The van der Waals surface area contributed by atoms with Gasteiger partial charge in [-0.05, 0) is 12.1 Å². The molecule has 0 spiro atoms. The maximum Gasteiger partial charge on any atom is 0.420 e. The quantitative estimate of drug-likeness (QED) is 0.897. The van der Waals surface area contributed by atoms with Crippen molar-refractivity contribution in [2.45, 2.75) is 6.18 Å². The molecule has 2 N–H and O–H groups in total. The van der Waals surface area contributed by atoms with Crippen molar-refractivity contribution in [3.63, 3.8) is 0 Å². The Kier molecular flexibility index (Phi) is 3.36. The van der Waals surface area contributed by atoms with Gasteiger partial charge >= 0.3 is 16.5 Å². The molecule has 0 unspecified atom stereocenters. The van der Waals surface area contributed by atoms with Crippen LogP contribution in [0.25, 0.3) is 0 Å². The van der Waals surface area contributed by atoms with Crippen LogP contribution in [0.4, 0.5) is 13.2 Å². The molecule has 0 bridgehead atoms. The lowest BCUT2D eigenvalue weighted by atomic mass is 10.2. The summed E-state index contributed by atoms with van der Waals surface area (Å²) in [5, 5.41) is 3.98. The van der Waals surface area contributed by atoms with Crippen molar-refractivity contribution in [3.8, 4) is 5.75 Å². The molecular formula is C7H5ClF3NO3S. The van der Waals surface area contributed by atoms with E-state index in [-0.39, 0.29) is 0 Å². The summed E-state index contributed by atoms with van der Waals surface area (Å²) in [6.07, 6.45) is -4.79. The van der Waals surface area contributed by atoms with Gasteiger partial charge in [-0.3, -0.25) is 0 Å². The predicted molar refractivity (Wildman–Crippen MR) is 50.2 cm³/mol.